The lowest BCUT2D eigenvalue weighted by Crippen LogP contribution is -2.34. The summed E-state index contributed by atoms with van der Waals surface area (Å²) in [5, 5.41) is 0. The first kappa shape index (κ1) is 20.4. The Morgan fingerprint density at radius 1 is 1.10 bits per heavy atom. The highest BCUT2D eigenvalue weighted by Gasteiger charge is 2.23. The summed E-state index contributed by atoms with van der Waals surface area (Å²) >= 11 is 1.76. The molecule has 0 unspecified atom stereocenters. The lowest BCUT2D eigenvalue weighted by atomic mass is 9.94. The summed E-state index contributed by atoms with van der Waals surface area (Å²) in [6.45, 7) is 4.78. The molecule has 5 nitrogen and oxygen atoms in total. The van der Waals surface area contributed by atoms with Crippen LogP contribution in [-0.2, 0) is 22.4 Å². The number of ether oxygens (including phenoxy) is 3. The summed E-state index contributed by atoms with van der Waals surface area (Å²) in [4.78, 5) is 15.2. The number of rotatable bonds is 5. The molecule has 0 bridgehead atoms. The molecular formula is C25H25NO4S. The van der Waals surface area contributed by atoms with Gasteiger partial charge in [-0.1, -0.05) is 36.0 Å². The summed E-state index contributed by atoms with van der Waals surface area (Å²) in [5.74, 6) is 0.605. The van der Waals surface area contributed by atoms with Crippen molar-refractivity contribution in [3.8, 4) is 17.1 Å². The topological polar surface area (TPSA) is 49.7 Å². The highest BCUT2D eigenvalue weighted by atomic mass is 32.2. The van der Waals surface area contributed by atoms with Crippen LogP contribution in [0.4, 0.5) is 0 Å². The number of hydrogen-bond acceptors (Lipinski definition) is 5. The van der Waals surface area contributed by atoms with E-state index in [1.807, 2.05) is 13.0 Å². The molecule has 31 heavy (non-hydrogen) atoms. The maximum absolute atomic E-state index is 12.7. The van der Waals surface area contributed by atoms with Crippen molar-refractivity contribution in [1.29, 1.82) is 0 Å². The van der Waals surface area contributed by atoms with E-state index in [9.17, 15) is 4.79 Å². The van der Waals surface area contributed by atoms with Gasteiger partial charge in [0, 0.05) is 33.5 Å². The number of pyridine rings is 1. The van der Waals surface area contributed by atoms with Crippen molar-refractivity contribution in [2.24, 2.45) is 0 Å². The quantitative estimate of drug-likeness (QED) is 0.597. The van der Waals surface area contributed by atoms with Crippen molar-refractivity contribution in [3.05, 3.63) is 75.9 Å². The van der Waals surface area contributed by atoms with Gasteiger partial charge in [0.15, 0.2) is 11.3 Å². The summed E-state index contributed by atoms with van der Waals surface area (Å²) < 4.78 is 19.3. The first-order valence-electron chi connectivity index (χ1n) is 10.6. The highest BCUT2D eigenvalue weighted by Crippen LogP contribution is 2.37. The first-order valence-corrected chi connectivity index (χ1v) is 11.4. The van der Waals surface area contributed by atoms with Crippen LogP contribution >= 0.6 is 11.8 Å². The van der Waals surface area contributed by atoms with Crippen molar-refractivity contribution in [2.45, 2.75) is 35.8 Å². The van der Waals surface area contributed by atoms with Gasteiger partial charge in [0.05, 0.1) is 25.5 Å². The second-order valence-electron chi connectivity index (χ2n) is 7.83. The molecule has 160 valence electrons. The van der Waals surface area contributed by atoms with E-state index in [1.54, 1.807) is 17.8 Å². The van der Waals surface area contributed by atoms with Crippen molar-refractivity contribution < 1.29 is 14.2 Å². The van der Waals surface area contributed by atoms with Crippen LogP contribution < -0.4 is 10.2 Å². The van der Waals surface area contributed by atoms with Crippen molar-refractivity contribution >= 4 is 11.8 Å². The average Bonchev–Trinajstić information content (AvgIpc) is 2.81. The third-order valence-electron chi connectivity index (χ3n) is 5.73. The van der Waals surface area contributed by atoms with E-state index in [0.29, 0.717) is 32.3 Å². The summed E-state index contributed by atoms with van der Waals surface area (Å²) in [7, 11) is 0. The minimum Gasteiger partial charge on any atom is -0.476 e. The van der Waals surface area contributed by atoms with E-state index in [-0.39, 0.29) is 11.5 Å². The molecule has 2 aliphatic heterocycles. The lowest BCUT2D eigenvalue weighted by molar-refractivity contribution is -0.102. The molecule has 0 spiro atoms. The number of aryl methyl sites for hydroxylation is 1. The molecule has 0 amide bonds. The van der Waals surface area contributed by atoms with Gasteiger partial charge in [0.25, 0.3) is 0 Å². The van der Waals surface area contributed by atoms with Gasteiger partial charge in [0.2, 0.25) is 0 Å². The summed E-state index contributed by atoms with van der Waals surface area (Å²) in [5.41, 5.74) is 4.10. The van der Waals surface area contributed by atoms with Crippen molar-refractivity contribution in [1.82, 2.24) is 4.57 Å². The number of hydrogen-bond donors (Lipinski definition) is 0. The molecule has 2 aromatic carbocycles. The smallest absolute Gasteiger partial charge is 0.197 e. The number of fused-ring (bicyclic) bond motifs is 3. The van der Waals surface area contributed by atoms with Gasteiger partial charge in [-0.3, -0.25) is 4.79 Å². The van der Waals surface area contributed by atoms with E-state index in [0.717, 1.165) is 29.8 Å². The van der Waals surface area contributed by atoms with Gasteiger partial charge in [0.1, 0.15) is 12.7 Å². The molecular weight excluding hydrogens is 410 g/mol. The van der Waals surface area contributed by atoms with E-state index in [2.05, 4.69) is 47.0 Å². The van der Waals surface area contributed by atoms with E-state index >= 15 is 0 Å². The maximum Gasteiger partial charge on any atom is 0.197 e. The molecule has 1 aromatic heterocycles. The molecule has 1 saturated heterocycles. The Morgan fingerprint density at radius 3 is 2.77 bits per heavy atom. The number of nitrogens with zero attached hydrogens (tertiary/aromatic N) is 1. The van der Waals surface area contributed by atoms with Crippen LogP contribution in [-0.4, -0.2) is 37.1 Å². The standard InChI is InChI=1S/C25H25NO4S/c1-17-23(27)14-24(30-16-19-15-28-11-12-29-19)26-10-9-18-13-21(7-8-22(18)25(17)26)31-20-5-3-2-4-6-20/h2-8,13-14,19H,9-12,15-16H2,1H3/t19-/m0/s1. The van der Waals surface area contributed by atoms with Gasteiger partial charge >= 0.3 is 0 Å². The number of aromatic nitrogens is 1. The zero-order valence-corrected chi connectivity index (χ0v) is 18.3. The molecule has 6 heteroatoms. The van der Waals surface area contributed by atoms with Crippen molar-refractivity contribution in [2.75, 3.05) is 26.4 Å². The summed E-state index contributed by atoms with van der Waals surface area (Å²) in [6, 6.07) is 18.5. The zero-order valence-electron chi connectivity index (χ0n) is 17.5. The third-order valence-corrected chi connectivity index (χ3v) is 6.73. The minimum absolute atomic E-state index is 0.00218. The Morgan fingerprint density at radius 2 is 1.97 bits per heavy atom. The Kier molecular flexibility index (Phi) is 5.85. The highest BCUT2D eigenvalue weighted by molar-refractivity contribution is 7.99. The maximum atomic E-state index is 12.7. The van der Waals surface area contributed by atoms with Crippen molar-refractivity contribution in [3.63, 3.8) is 0 Å². The fraction of sp³-hybridized carbons (Fsp3) is 0.320. The van der Waals surface area contributed by atoms with Gasteiger partial charge < -0.3 is 18.8 Å². The van der Waals surface area contributed by atoms with Crippen LogP contribution in [0.15, 0.2) is 69.2 Å². The number of benzene rings is 2. The van der Waals surface area contributed by atoms with Crippen LogP contribution in [0, 0.1) is 6.92 Å². The predicted octanol–water partition coefficient (Wildman–Crippen LogP) is 4.33. The molecule has 1 atom stereocenters. The lowest BCUT2D eigenvalue weighted by Gasteiger charge is -2.28. The Hall–Kier alpha value is -2.54. The second-order valence-corrected chi connectivity index (χ2v) is 8.98. The van der Waals surface area contributed by atoms with Gasteiger partial charge in [-0.15, -0.1) is 0 Å². The fourth-order valence-corrected chi connectivity index (χ4v) is 5.06. The van der Waals surface area contributed by atoms with Gasteiger partial charge in [-0.25, -0.2) is 0 Å². The van der Waals surface area contributed by atoms with E-state index in [4.69, 9.17) is 14.2 Å². The Balaban J connectivity index is 1.45. The molecule has 3 aromatic rings. The minimum atomic E-state index is -0.102. The molecule has 2 aliphatic rings. The zero-order chi connectivity index (χ0) is 21.2. The first-order chi connectivity index (χ1) is 15.2. The molecule has 3 heterocycles. The van der Waals surface area contributed by atoms with E-state index < -0.39 is 0 Å². The average molecular weight is 436 g/mol. The molecule has 0 saturated carbocycles. The summed E-state index contributed by atoms with van der Waals surface area (Å²) in [6.07, 6.45) is 0.794. The second kappa shape index (κ2) is 8.91. The van der Waals surface area contributed by atoms with Crippen LogP contribution in [0.1, 0.15) is 11.1 Å². The Bertz CT molecular complexity index is 1140. The molecule has 0 aliphatic carbocycles. The monoisotopic (exact) mass is 435 g/mol. The normalized spacial score (nSPS) is 17.6. The molecule has 0 radical (unpaired) electrons. The largest absolute Gasteiger partial charge is 0.476 e. The fourth-order valence-electron chi connectivity index (χ4n) is 4.16. The molecule has 1 fully saturated rings. The van der Waals surface area contributed by atoms with Crippen LogP contribution in [0.5, 0.6) is 5.88 Å². The SMILES string of the molecule is Cc1c2n(c(OC[C@@H]3COCCO3)cc1=O)CCc1cc(Sc3ccccc3)ccc1-2. The third kappa shape index (κ3) is 4.28. The van der Waals surface area contributed by atoms with Crippen LogP contribution in [0.3, 0.4) is 0 Å². The van der Waals surface area contributed by atoms with Crippen LogP contribution in [0.25, 0.3) is 11.3 Å². The predicted molar refractivity (Wildman–Crippen MR) is 121 cm³/mol. The molecule has 5 rings (SSSR count). The van der Waals surface area contributed by atoms with Crippen LogP contribution in [0.2, 0.25) is 0 Å². The molecule has 0 N–H and O–H groups in total. The van der Waals surface area contributed by atoms with Gasteiger partial charge in [-0.05, 0) is 43.2 Å². The van der Waals surface area contributed by atoms with Gasteiger partial charge in [-0.2, -0.15) is 0 Å². The van der Waals surface area contributed by atoms with E-state index in [1.165, 1.54) is 15.4 Å². The Labute approximate surface area is 186 Å².